The number of hydrogen-bond donors (Lipinski definition) is 2. The SMILES string of the molecule is CC(NC(=O)CC1(C(=O)O)CCC1)c1ccc(S(C)=O)cc1. The van der Waals surface area contributed by atoms with Crippen LogP contribution in [0.1, 0.15) is 44.2 Å². The molecule has 0 spiro atoms. The molecule has 0 aliphatic heterocycles. The van der Waals surface area contributed by atoms with Gasteiger partial charge >= 0.3 is 5.97 Å². The average molecular weight is 323 g/mol. The van der Waals surface area contributed by atoms with Gasteiger partial charge in [0.05, 0.1) is 11.5 Å². The zero-order valence-corrected chi connectivity index (χ0v) is 13.6. The molecule has 1 amide bonds. The van der Waals surface area contributed by atoms with Crippen molar-refractivity contribution in [3.8, 4) is 0 Å². The van der Waals surface area contributed by atoms with Crippen LogP contribution in [0.25, 0.3) is 0 Å². The van der Waals surface area contributed by atoms with E-state index >= 15 is 0 Å². The molecule has 1 aliphatic rings. The molecule has 2 unspecified atom stereocenters. The number of benzene rings is 1. The van der Waals surface area contributed by atoms with Crippen LogP contribution in [0.3, 0.4) is 0 Å². The summed E-state index contributed by atoms with van der Waals surface area (Å²) in [5, 5.41) is 12.1. The highest BCUT2D eigenvalue weighted by molar-refractivity contribution is 7.84. The minimum absolute atomic E-state index is 0.0315. The first-order valence-corrected chi connectivity index (χ1v) is 8.86. The first-order valence-electron chi connectivity index (χ1n) is 7.30. The minimum Gasteiger partial charge on any atom is -0.481 e. The smallest absolute Gasteiger partial charge is 0.310 e. The Morgan fingerprint density at radius 3 is 2.32 bits per heavy atom. The van der Waals surface area contributed by atoms with Gasteiger partial charge in [-0.2, -0.15) is 0 Å². The summed E-state index contributed by atoms with van der Waals surface area (Å²) in [6, 6.07) is 7.01. The number of carboxylic acids is 1. The number of nitrogens with one attached hydrogen (secondary N) is 1. The lowest BCUT2D eigenvalue weighted by Gasteiger charge is -2.37. The van der Waals surface area contributed by atoms with Crippen molar-refractivity contribution in [3.63, 3.8) is 0 Å². The normalized spacial score (nSPS) is 18.8. The lowest BCUT2D eigenvalue weighted by molar-refractivity contribution is -0.157. The zero-order chi connectivity index (χ0) is 16.3. The minimum atomic E-state index is -1.03. The fourth-order valence-electron chi connectivity index (χ4n) is 2.70. The molecule has 22 heavy (non-hydrogen) atoms. The summed E-state index contributed by atoms with van der Waals surface area (Å²) < 4.78 is 11.4. The van der Waals surface area contributed by atoms with Crippen LogP contribution in [0.15, 0.2) is 29.2 Å². The Balaban J connectivity index is 1.96. The molecular weight excluding hydrogens is 302 g/mol. The van der Waals surface area contributed by atoms with E-state index in [0.29, 0.717) is 12.8 Å². The second-order valence-corrected chi connectivity index (χ2v) is 7.31. The number of hydrogen-bond acceptors (Lipinski definition) is 3. The van der Waals surface area contributed by atoms with E-state index in [0.717, 1.165) is 16.9 Å². The van der Waals surface area contributed by atoms with Crippen molar-refractivity contribution in [2.75, 3.05) is 6.26 Å². The van der Waals surface area contributed by atoms with E-state index in [9.17, 15) is 18.9 Å². The maximum absolute atomic E-state index is 12.1. The summed E-state index contributed by atoms with van der Waals surface area (Å²) in [6.07, 6.45) is 3.65. The summed E-state index contributed by atoms with van der Waals surface area (Å²) in [5.74, 6) is -1.12. The van der Waals surface area contributed by atoms with E-state index < -0.39 is 22.2 Å². The summed E-state index contributed by atoms with van der Waals surface area (Å²) >= 11 is 0. The van der Waals surface area contributed by atoms with Gasteiger partial charge in [-0.25, -0.2) is 0 Å². The molecule has 1 aliphatic carbocycles. The van der Waals surface area contributed by atoms with Crippen LogP contribution in [0.4, 0.5) is 0 Å². The fraction of sp³-hybridized carbons (Fsp3) is 0.500. The van der Waals surface area contributed by atoms with Crippen LogP contribution < -0.4 is 5.32 Å². The second kappa shape index (κ2) is 6.60. The van der Waals surface area contributed by atoms with Crippen molar-refractivity contribution in [2.45, 2.75) is 43.5 Å². The highest BCUT2D eigenvalue weighted by Gasteiger charge is 2.45. The van der Waals surface area contributed by atoms with Gasteiger partial charge in [-0.3, -0.25) is 13.8 Å². The third-order valence-corrected chi connectivity index (χ3v) is 5.29. The lowest BCUT2D eigenvalue weighted by atomic mass is 9.66. The lowest BCUT2D eigenvalue weighted by Crippen LogP contribution is -2.43. The van der Waals surface area contributed by atoms with Gasteiger partial charge in [0.1, 0.15) is 0 Å². The average Bonchev–Trinajstić information content (AvgIpc) is 2.42. The van der Waals surface area contributed by atoms with E-state index in [2.05, 4.69) is 5.32 Å². The summed E-state index contributed by atoms with van der Waals surface area (Å²) in [6.45, 7) is 1.85. The molecule has 120 valence electrons. The molecule has 2 rings (SSSR count). The molecule has 1 fully saturated rings. The third kappa shape index (κ3) is 3.55. The van der Waals surface area contributed by atoms with E-state index in [1.807, 2.05) is 19.1 Å². The maximum atomic E-state index is 12.1. The van der Waals surface area contributed by atoms with Crippen LogP contribution in [0.2, 0.25) is 0 Å². The Labute approximate surface area is 132 Å². The monoisotopic (exact) mass is 323 g/mol. The molecule has 0 aromatic heterocycles. The largest absolute Gasteiger partial charge is 0.481 e. The topological polar surface area (TPSA) is 83.5 Å². The van der Waals surface area contributed by atoms with Gasteiger partial charge in [-0.15, -0.1) is 0 Å². The van der Waals surface area contributed by atoms with E-state index in [-0.39, 0.29) is 18.4 Å². The number of carboxylic acid groups (broad SMARTS) is 1. The standard InChI is InChI=1S/C16H21NO4S/c1-11(12-4-6-13(7-5-12)22(2)21)17-14(18)10-16(15(19)20)8-3-9-16/h4-7,11H,3,8-10H2,1-2H3,(H,17,18)(H,19,20). The molecule has 0 saturated heterocycles. The first kappa shape index (κ1) is 16.7. The van der Waals surface area contributed by atoms with Gasteiger partial charge in [-0.1, -0.05) is 18.6 Å². The molecule has 2 atom stereocenters. The molecule has 0 radical (unpaired) electrons. The van der Waals surface area contributed by atoms with Crippen molar-refractivity contribution < 1.29 is 18.9 Å². The van der Waals surface area contributed by atoms with E-state index in [1.165, 1.54) is 0 Å². The van der Waals surface area contributed by atoms with Crippen LogP contribution in [0.5, 0.6) is 0 Å². The molecular formula is C16H21NO4S. The molecule has 2 N–H and O–H groups in total. The van der Waals surface area contributed by atoms with Gasteiger partial charge < -0.3 is 10.4 Å². The zero-order valence-electron chi connectivity index (χ0n) is 12.8. The van der Waals surface area contributed by atoms with Crippen molar-refractivity contribution in [2.24, 2.45) is 5.41 Å². The molecule has 0 bridgehead atoms. The summed E-state index contributed by atoms with van der Waals surface area (Å²) in [7, 11) is -1.03. The van der Waals surface area contributed by atoms with E-state index in [1.54, 1.807) is 18.4 Å². The highest BCUT2D eigenvalue weighted by Crippen LogP contribution is 2.44. The van der Waals surface area contributed by atoms with Crippen LogP contribution in [-0.2, 0) is 20.4 Å². The van der Waals surface area contributed by atoms with Crippen molar-refractivity contribution >= 4 is 22.7 Å². The third-order valence-electron chi connectivity index (χ3n) is 4.35. The highest BCUT2D eigenvalue weighted by atomic mass is 32.2. The van der Waals surface area contributed by atoms with Gasteiger partial charge in [0.2, 0.25) is 5.91 Å². The van der Waals surface area contributed by atoms with Crippen LogP contribution in [0, 0.1) is 5.41 Å². The number of carbonyl (C=O) groups is 2. The number of aliphatic carboxylic acids is 1. The Hall–Kier alpha value is -1.69. The predicted octanol–water partition coefficient (Wildman–Crippen LogP) is 2.25. The number of rotatable bonds is 6. The van der Waals surface area contributed by atoms with Crippen molar-refractivity contribution in [3.05, 3.63) is 29.8 Å². The molecule has 5 nitrogen and oxygen atoms in total. The molecule has 1 saturated carbocycles. The van der Waals surface area contributed by atoms with Gasteiger partial charge in [0.15, 0.2) is 0 Å². The van der Waals surface area contributed by atoms with Gasteiger partial charge in [0, 0.05) is 28.4 Å². The van der Waals surface area contributed by atoms with Crippen molar-refractivity contribution in [1.29, 1.82) is 0 Å². The molecule has 1 aromatic rings. The predicted molar refractivity (Wildman–Crippen MR) is 83.9 cm³/mol. The Kier molecular flexibility index (Phi) is 5.01. The number of amides is 1. The summed E-state index contributed by atoms with van der Waals surface area (Å²) in [4.78, 5) is 24.1. The Bertz CT molecular complexity index is 593. The van der Waals surface area contributed by atoms with Gasteiger partial charge in [0.25, 0.3) is 0 Å². The Morgan fingerprint density at radius 2 is 1.91 bits per heavy atom. The second-order valence-electron chi connectivity index (χ2n) is 5.93. The molecule has 6 heteroatoms. The quantitative estimate of drug-likeness (QED) is 0.841. The summed E-state index contributed by atoms with van der Waals surface area (Å²) in [5.41, 5.74) is 0.0350. The van der Waals surface area contributed by atoms with Crippen molar-refractivity contribution in [1.82, 2.24) is 5.32 Å². The fourth-order valence-corrected chi connectivity index (χ4v) is 3.22. The van der Waals surface area contributed by atoms with Gasteiger partial charge in [-0.05, 0) is 37.5 Å². The maximum Gasteiger partial charge on any atom is 0.310 e. The number of carbonyl (C=O) groups excluding carboxylic acids is 1. The molecule has 1 aromatic carbocycles. The van der Waals surface area contributed by atoms with E-state index in [4.69, 9.17) is 0 Å². The van der Waals surface area contributed by atoms with Crippen LogP contribution >= 0.6 is 0 Å². The van der Waals surface area contributed by atoms with Crippen LogP contribution in [-0.4, -0.2) is 27.4 Å². The first-order chi connectivity index (χ1) is 10.3. The Morgan fingerprint density at radius 1 is 1.32 bits per heavy atom. The molecule has 0 heterocycles.